The minimum atomic E-state index is -0.512. The van der Waals surface area contributed by atoms with Gasteiger partial charge in [0.15, 0.2) is 5.78 Å². The second kappa shape index (κ2) is 4.67. The van der Waals surface area contributed by atoms with Gasteiger partial charge in [-0.1, -0.05) is 23.7 Å². The molecular formula is C12H10ClFN2O. The Morgan fingerprint density at radius 2 is 2.29 bits per heavy atom. The average Bonchev–Trinajstić information content (AvgIpc) is 2.71. The van der Waals surface area contributed by atoms with Crippen LogP contribution in [0.25, 0.3) is 0 Å². The van der Waals surface area contributed by atoms with E-state index in [4.69, 9.17) is 11.6 Å². The number of rotatable bonds is 3. The van der Waals surface area contributed by atoms with E-state index in [0.717, 1.165) is 0 Å². The molecule has 0 aliphatic heterocycles. The lowest BCUT2D eigenvalue weighted by Crippen LogP contribution is -2.09. The Balaban J connectivity index is 2.25. The molecule has 1 heterocycles. The minimum absolute atomic E-state index is 0.00279. The van der Waals surface area contributed by atoms with Crippen molar-refractivity contribution in [1.29, 1.82) is 0 Å². The van der Waals surface area contributed by atoms with Crippen LogP contribution in [0.15, 0.2) is 30.7 Å². The fourth-order valence-corrected chi connectivity index (χ4v) is 1.77. The number of carbonyl (C=O) groups excluding carboxylic acids is 1. The van der Waals surface area contributed by atoms with Crippen LogP contribution < -0.4 is 0 Å². The zero-order chi connectivity index (χ0) is 12.4. The number of halogens is 2. The van der Waals surface area contributed by atoms with Gasteiger partial charge in [-0.05, 0) is 11.6 Å². The number of Topliss-reactive ketones (excluding diaryl/α,β-unsaturated/α-hetero) is 1. The van der Waals surface area contributed by atoms with Crippen molar-refractivity contribution in [3.63, 3.8) is 0 Å². The molecule has 0 saturated heterocycles. The Morgan fingerprint density at radius 3 is 2.94 bits per heavy atom. The molecule has 0 radical (unpaired) electrons. The van der Waals surface area contributed by atoms with Crippen LogP contribution in [0, 0.1) is 5.82 Å². The van der Waals surface area contributed by atoms with Crippen molar-refractivity contribution in [2.45, 2.75) is 6.42 Å². The molecule has 0 bridgehead atoms. The third-order valence-electron chi connectivity index (χ3n) is 2.48. The SMILES string of the molecule is Cn1cncc1C(=O)Cc1cccc(F)c1Cl. The van der Waals surface area contributed by atoms with Gasteiger partial charge in [-0.2, -0.15) is 0 Å². The number of aromatic nitrogens is 2. The average molecular weight is 253 g/mol. The van der Waals surface area contributed by atoms with E-state index in [1.54, 1.807) is 24.0 Å². The minimum Gasteiger partial charge on any atom is -0.331 e. The van der Waals surface area contributed by atoms with Gasteiger partial charge in [0.2, 0.25) is 0 Å². The van der Waals surface area contributed by atoms with E-state index in [1.165, 1.54) is 18.3 Å². The van der Waals surface area contributed by atoms with E-state index >= 15 is 0 Å². The van der Waals surface area contributed by atoms with E-state index in [9.17, 15) is 9.18 Å². The van der Waals surface area contributed by atoms with E-state index in [0.29, 0.717) is 11.3 Å². The third-order valence-corrected chi connectivity index (χ3v) is 2.91. The van der Waals surface area contributed by atoms with Crippen molar-refractivity contribution in [3.05, 3.63) is 52.8 Å². The van der Waals surface area contributed by atoms with Crippen molar-refractivity contribution >= 4 is 17.4 Å². The van der Waals surface area contributed by atoms with Crippen LogP contribution in [0.3, 0.4) is 0 Å². The van der Waals surface area contributed by atoms with Crippen molar-refractivity contribution in [2.75, 3.05) is 0 Å². The maximum Gasteiger partial charge on any atom is 0.185 e. The zero-order valence-electron chi connectivity index (χ0n) is 9.15. The topological polar surface area (TPSA) is 34.9 Å². The molecule has 1 aromatic heterocycles. The van der Waals surface area contributed by atoms with Crippen molar-refractivity contribution < 1.29 is 9.18 Å². The van der Waals surface area contributed by atoms with Gasteiger partial charge in [-0.15, -0.1) is 0 Å². The van der Waals surface area contributed by atoms with Gasteiger partial charge >= 0.3 is 0 Å². The molecule has 0 spiro atoms. The number of imidazole rings is 1. The lowest BCUT2D eigenvalue weighted by Gasteiger charge is -2.04. The van der Waals surface area contributed by atoms with Gasteiger partial charge < -0.3 is 4.57 Å². The largest absolute Gasteiger partial charge is 0.331 e. The van der Waals surface area contributed by atoms with Gasteiger partial charge in [0.1, 0.15) is 11.5 Å². The predicted molar refractivity (Wildman–Crippen MR) is 62.7 cm³/mol. The number of carbonyl (C=O) groups is 1. The van der Waals surface area contributed by atoms with Crippen LogP contribution in [0.5, 0.6) is 0 Å². The van der Waals surface area contributed by atoms with Gasteiger partial charge in [-0.3, -0.25) is 4.79 Å². The van der Waals surface area contributed by atoms with Crippen molar-refractivity contribution in [2.24, 2.45) is 7.05 Å². The van der Waals surface area contributed by atoms with E-state index < -0.39 is 5.82 Å². The molecule has 2 rings (SSSR count). The molecule has 0 fully saturated rings. The Labute approximate surface area is 103 Å². The van der Waals surface area contributed by atoms with Crippen LogP contribution in [-0.2, 0) is 13.5 Å². The lowest BCUT2D eigenvalue weighted by atomic mass is 10.1. The molecule has 3 nitrogen and oxygen atoms in total. The Hall–Kier alpha value is -1.68. The summed E-state index contributed by atoms with van der Waals surface area (Å²) in [6.45, 7) is 0. The van der Waals surface area contributed by atoms with Crippen molar-refractivity contribution in [3.8, 4) is 0 Å². The molecule has 0 aliphatic rings. The lowest BCUT2D eigenvalue weighted by molar-refractivity contribution is 0.0985. The summed E-state index contributed by atoms with van der Waals surface area (Å²) in [6, 6.07) is 4.44. The summed E-state index contributed by atoms with van der Waals surface area (Å²) in [5, 5.41) is 0.00279. The zero-order valence-corrected chi connectivity index (χ0v) is 9.91. The smallest absolute Gasteiger partial charge is 0.185 e. The highest BCUT2D eigenvalue weighted by atomic mass is 35.5. The first-order valence-corrected chi connectivity index (χ1v) is 5.40. The molecule has 0 saturated carbocycles. The summed E-state index contributed by atoms with van der Waals surface area (Å²) in [5.41, 5.74) is 0.961. The van der Waals surface area contributed by atoms with Crippen LogP contribution in [-0.4, -0.2) is 15.3 Å². The van der Waals surface area contributed by atoms with E-state index in [2.05, 4.69) is 4.98 Å². The summed E-state index contributed by atoms with van der Waals surface area (Å²) in [5.74, 6) is -0.653. The first-order valence-electron chi connectivity index (χ1n) is 5.02. The van der Waals surface area contributed by atoms with Gasteiger partial charge in [0.25, 0.3) is 0 Å². The van der Waals surface area contributed by atoms with Crippen LogP contribution >= 0.6 is 11.6 Å². The fourth-order valence-electron chi connectivity index (χ4n) is 1.57. The number of hydrogen-bond acceptors (Lipinski definition) is 2. The molecule has 0 atom stereocenters. The van der Waals surface area contributed by atoms with Crippen molar-refractivity contribution in [1.82, 2.24) is 9.55 Å². The highest BCUT2D eigenvalue weighted by Gasteiger charge is 2.14. The summed E-state index contributed by atoms with van der Waals surface area (Å²) in [6.07, 6.45) is 3.09. The molecule has 17 heavy (non-hydrogen) atoms. The molecule has 2 aromatic rings. The summed E-state index contributed by atoms with van der Waals surface area (Å²) in [4.78, 5) is 15.8. The molecule has 88 valence electrons. The summed E-state index contributed by atoms with van der Waals surface area (Å²) >= 11 is 5.79. The molecule has 0 aliphatic carbocycles. The first kappa shape index (κ1) is 11.8. The standard InChI is InChI=1S/C12H10ClFN2O/c1-16-7-15-6-10(16)11(17)5-8-3-2-4-9(14)12(8)13/h2-4,6-7H,5H2,1H3. The van der Waals surface area contributed by atoms with E-state index in [-0.39, 0.29) is 17.2 Å². The quantitative estimate of drug-likeness (QED) is 0.787. The number of nitrogens with zero attached hydrogens (tertiary/aromatic N) is 2. The predicted octanol–water partition coefficient (Wildman–Crippen LogP) is 2.64. The maximum absolute atomic E-state index is 13.2. The normalized spacial score (nSPS) is 10.5. The molecule has 0 amide bonds. The second-order valence-electron chi connectivity index (χ2n) is 3.70. The Bertz CT molecular complexity index is 565. The molecule has 1 aromatic carbocycles. The maximum atomic E-state index is 13.2. The number of hydrogen-bond donors (Lipinski definition) is 0. The third kappa shape index (κ3) is 2.36. The van der Waals surface area contributed by atoms with Crippen LogP contribution in [0.2, 0.25) is 5.02 Å². The first-order chi connectivity index (χ1) is 8.09. The van der Waals surface area contributed by atoms with Crippen LogP contribution in [0.4, 0.5) is 4.39 Å². The Kier molecular flexibility index (Phi) is 3.24. The molecule has 0 N–H and O–H groups in total. The summed E-state index contributed by atoms with van der Waals surface area (Å²) in [7, 11) is 1.73. The highest BCUT2D eigenvalue weighted by molar-refractivity contribution is 6.31. The Morgan fingerprint density at radius 1 is 1.53 bits per heavy atom. The second-order valence-corrected chi connectivity index (χ2v) is 4.08. The van der Waals surface area contributed by atoms with E-state index in [1.807, 2.05) is 0 Å². The molecule has 0 unspecified atom stereocenters. The monoisotopic (exact) mass is 252 g/mol. The van der Waals surface area contributed by atoms with Gasteiger partial charge in [0, 0.05) is 13.5 Å². The summed E-state index contributed by atoms with van der Waals surface area (Å²) < 4.78 is 14.8. The van der Waals surface area contributed by atoms with Gasteiger partial charge in [-0.25, -0.2) is 9.37 Å². The highest BCUT2D eigenvalue weighted by Crippen LogP contribution is 2.21. The fraction of sp³-hybridized carbons (Fsp3) is 0.167. The van der Waals surface area contributed by atoms with Gasteiger partial charge in [0.05, 0.1) is 17.5 Å². The number of benzene rings is 1. The molecular weight excluding hydrogens is 243 g/mol. The van der Waals surface area contributed by atoms with Crippen LogP contribution in [0.1, 0.15) is 16.1 Å². The molecule has 5 heteroatoms. The number of ketones is 1. The number of aryl methyl sites for hydroxylation is 1.